The van der Waals surface area contributed by atoms with Crippen molar-refractivity contribution in [3.05, 3.63) is 206 Å². The normalized spacial score (nSPS) is 11.9. The molecule has 12 rings (SSSR count). The highest BCUT2D eigenvalue weighted by Gasteiger charge is 2.21. The number of fused-ring (bicyclic) bond motifs is 11. The van der Waals surface area contributed by atoms with Crippen LogP contribution in [0.1, 0.15) is 0 Å². The summed E-state index contributed by atoms with van der Waals surface area (Å²) in [7, 11) is 0. The van der Waals surface area contributed by atoms with E-state index in [2.05, 4.69) is 216 Å². The second-order valence-electron chi connectivity index (χ2n) is 14.9. The predicted molar refractivity (Wildman–Crippen MR) is 246 cm³/mol. The van der Waals surface area contributed by atoms with Crippen LogP contribution >= 0.6 is 11.3 Å². The highest BCUT2D eigenvalue weighted by molar-refractivity contribution is 7.26. The molecule has 12 aromatic rings. The molecule has 266 valence electrons. The van der Waals surface area contributed by atoms with E-state index in [9.17, 15) is 0 Å². The van der Waals surface area contributed by atoms with E-state index in [1.165, 1.54) is 91.1 Å². The fourth-order valence-electron chi connectivity index (χ4n) is 9.13. The van der Waals surface area contributed by atoms with Crippen LogP contribution in [0.15, 0.2) is 206 Å². The summed E-state index contributed by atoms with van der Waals surface area (Å²) in [4.78, 5) is 2.43. The number of aromatic nitrogens is 1. The molecule has 10 aromatic carbocycles. The Morgan fingerprint density at radius 1 is 0.333 bits per heavy atom. The molecule has 0 unspecified atom stereocenters. The Bertz CT molecular complexity index is 3520. The van der Waals surface area contributed by atoms with Gasteiger partial charge in [-0.25, -0.2) is 0 Å². The van der Waals surface area contributed by atoms with Crippen LogP contribution < -0.4 is 4.90 Å². The van der Waals surface area contributed by atoms with Gasteiger partial charge in [0.2, 0.25) is 0 Å². The molecular formula is C54H34N2S. The zero-order valence-corrected chi connectivity index (χ0v) is 31.7. The Hall–Kier alpha value is -7.20. The summed E-state index contributed by atoms with van der Waals surface area (Å²) < 4.78 is 5.08. The predicted octanol–water partition coefficient (Wildman–Crippen LogP) is 15.7. The van der Waals surface area contributed by atoms with E-state index in [0.29, 0.717) is 0 Å². The first kappa shape index (κ1) is 32.1. The van der Waals surface area contributed by atoms with Crippen LogP contribution in [-0.2, 0) is 0 Å². The number of hydrogen-bond donors (Lipinski definition) is 0. The molecule has 2 aromatic heterocycles. The molecule has 0 saturated heterocycles. The molecule has 0 aliphatic heterocycles. The van der Waals surface area contributed by atoms with Crippen molar-refractivity contribution in [3.63, 3.8) is 0 Å². The molecule has 2 heterocycles. The maximum absolute atomic E-state index is 2.49. The van der Waals surface area contributed by atoms with E-state index in [1.807, 2.05) is 11.3 Å². The number of thiophene rings is 1. The van der Waals surface area contributed by atoms with Gasteiger partial charge in [0.25, 0.3) is 0 Å². The summed E-state index contributed by atoms with van der Waals surface area (Å²) >= 11 is 1.87. The fourth-order valence-corrected chi connectivity index (χ4v) is 10.3. The smallest absolute Gasteiger partial charge is 0.0562 e. The SMILES string of the molecule is c1ccc(-c2ccc(N(c3ccc4c(c3)sc3ccc5ccccc5c34)c3ccc4c5c6ccccc6ccc5n(-c5cccc6ccccc56)c4c3)cc2)cc1. The maximum atomic E-state index is 2.49. The fraction of sp³-hybridized carbons (Fsp3) is 0. The highest BCUT2D eigenvalue weighted by Crippen LogP contribution is 2.45. The van der Waals surface area contributed by atoms with E-state index >= 15 is 0 Å². The third-order valence-corrected chi connectivity index (χ3v) is 12.9. The van der Waals surface area contributed by atoms with Gasteiger partial charge in [0.1, 0.15) is 0 Å². The molecule has 0 atom stereocenters. The molecule has 0 fully saturated rings. The lowest BCUT2D eigenvalue weighted by atomic mass is 10.0. The van der Waals surface area contributed by atoms with E-state index in [0.717, 1.165) is 17.1 Å². The minimum absolute atomic E-state index is 1.11. The van der Waals surface area contributed by atoms with Gasteiger partial charge in [-0.3, -0.25) is 0 Å². The van der Waals surface area contributed by atoms with Crippen molar-refractivity contribution < 1.29 is 0 Å². The second kappa shape index (κ2) is 12.7. The van der Waals surface area contributed by atoms with Gasteiger partial charge in [0.15, 0.2) is 0 Å². The Morgan fingerprint density at radius 3 is 1.68 bits per heavy atom. The van der Waals surface area contributed by atoms with Crippen molar-refractivity contribution in [2.24, 2.45) is 0 Å². The molecule has 0 spiro atoms. The molecule has 2 nitrogen and oxygen atoms in total. The summed E-state index contributed by atoms with van der Waals surface area (Å²) in [6.07, 6.45) is 0. The van der Waals surface area contributed by atoms with Gasteiger partial charge in [-0.15, -0.1) is 11.3 Å². The zero-order chi connectivity index (χ0) is 37.5. The van der Waals surface area contributed by atoms with Crippen LogP contribution in [0.3, 0.4) is 0 Å². The van der Waals surface area contributed by atoms with Crippen molar-refractivity contribution in [1.29, 1.82) is 0 Å². The Morgan fingerprint density at radius 2 is 0.912 bits per heavy atom. The van der Waals surface area contributed by atoms with Gasteiger partial charge in [0, 0.05) is 53.4 Å². The van der Waals surface area contributed by atoms with Crippen molar-refractivity contribution in [2.75, 3.05) is 4.90 Å². The lowest BCUT2D eigenvalue weighted by Crippen LogP contribution is -2.10. The molecule has 0 aliphatic carbocycles. The number of rotatable bonds is 5. The Labute approximate surface area is 333 Å². The third kappa shape index (κ3) is 5.03. The molecule has 0 amide bonds. The topological polar surface area (TPSA) is 8.17 Å². The van der Waals surface area contributed by atoms with Gasteiger partial charge in [-0.1, -0.05) is 152 Å². The van der Waals surface area contributed by atoms with E-state index in [4.69, 9.17) is 0 Å². The van der Waals surface area contributed by atoms with Crippen molar-refractivity contribution >= 4 is 103 Å². The van der Waals surface area contributed by atoms with Gasteiger partial charge in [-0.2, -0.15) is 0 Å². The molecule has 0 saturated carbocycles. The largest absolute Gasteiger partial charge is 0.310 e. The van der Waals surface area contributed by atoms with Gasteiger partial charge < -0.3 is 9.47 Å². The van der Waals surface area contributed by atoms with Crippen LogP contribution in [0.4, 0.5) is 17.1 Å². The van der Waals surface area contributed by atoms with Gasteiger partial charge >= 0.3 is 0 Å². The van der Waals surface area contributed by atoms with Crippen molar-refractivity contribution in [1.82, 2.24) is 4.57 Å². The average Bonchev–Trinajstić information content (AvgIpc) is 3.82. The second-order valence-corrected chi connectivity index (χ2v) is 16.0. The van der Waals surface area contributed by atoms with Gasteiger partial charge in [0.05, 0.1) is 16.7 Å². The Kier molecular flexibility index (Phi) is 7.13. The van der Waals surface area contributed by atoms with Crippen molar-refractivity contribution in [2.45, 2.75) is 0 Å². The summed E-state index contributed by atoms with van der Waals surface area (Å²) in [5.41, 5.74) is 9.31. The molecule has 0 aliphatic rings. The molecule has 3 heteroatoms. The minimum atomic E-state index is 1.11. The average molecular weight is 743 g/mol. The van der Waals surface area contributed by atoms with E-state index in [1.54, 1.807) is 0 Å². The number of hydrogen-bond acceptors (Lipinski definition) is 2. The van der Waals surface area contributed by atoms with Crippen LogP contribution in [0.5, 0.6) is 0 Å². The van der Waals surface area contributed by atoms with Crippen LogP contribution in [0.25, 0.3) is 91.1 Å². The number of anilines is 3. The summed E-state index contributed by atoms with van der Waals surface area (Å²) in [5.74, 6) is 0. The standard InChI is InChI=1S/C54H34N2S/c1-2-11-35(12-3-1)36-21-25-40(26-22-36)55(42-28-30-47-52(34-42)57-51-32-24-39-15-6-9-19-45(39)54(47)51)41-27-29-46-50(33-41)56(48-20-10-16-37-13-4-7-17-43(37)48)49-31-23-38-14-5-8-18-44(38)53(46)49/h1-34H. The number of benzene rings is 10. The first-order chi connectivity index (χ1) is 28.3. The quantitative estimate of drug-likeness (QED) is 0.170. The van der Waals surface area contributed by atoms with Crippen LogP contribution in [0.2, 0.25) is 0 Å². The molecule has 0 N–H and O–H groups in total. The van der Waals surface area contributed by atoms with Crippen LogP contribution in [-0.4, -0.2) is 4.57 Å². The lowest BCUT2D eigenvalue weighted by Gasteiger charge is -2.26. The third-order valence-electron chi connectivity index (χ3n) is 11.7. The first-order valence-electron chi connectivity index (χ1n) is 19.5. The maximum Gasteiger partial charge on any atom is 0.0562 e. The van der Waals surface area contributed by atoms with E-state index < -0.39 is 0 Å². The summed E-state index contributed by atoms with van der Waals surface area (Å²) in [6.45, 7) is 0. The van der Waals surface area contributed by atoms with Gasteiger partial charge in [-0.05, 0) is 92.7 Å². The molecule has 0 radical (unpaired) electrons. The molecule has 57 heavy (non-hydrogen) atoms. The highest BCUT2D eigenvalue weighted by atomic mass is 32.1. The number of nitrogens with zero attached hydrogens (tertiary/aromatic N) is 2. The molecule has 0 bridgehead atoms. The van der Waals surface area contributed by atoms with E-state index in [-0.39, 0.29) is 0 Å². The molecular weight excluding hydrogens is 709 g/mol. The monoisotopic (exact) mass is 742 g/mol. The first-order valence-corrected chi connectivity index (χ1v) is 20.3. The zero-order valence-electron chi connectivity index (χ0n) is 30.9. The lowest BCUT2D eigenvalue weighted by molar-refractivity contribution is 1.19. The Balaban J connectivity index is 1.12. The summed E-state index contributed by atoms with van der Waals surface area (Å²) in [6, 6.07) is 75.8. The summed E-state index contributed by atoms with van der Waals surface area (Å²) in [5, 5.41) is 12.7. The van der Waals surface area contributed by atoms with Crippen molar-refractivity contribution in [3.8, 4) is 16.8 Å². The minimum Gasteiger partial charge on any atom is -0.310 e. The van der Waals surface area contributed by atoms with Crippen LogP contribution in [0, 0.1) is 0 Å².